The van der Waals surface area contributed by atoms with Crippen molar-refractivity contribution in [2.24, 2.45) is 7.05 Å². The van der Waals surface area contributed by atoms with Crippen molar-refractivity contribution in [2.45, 2.75) is 6.42 Å². The van der Waals surface area contributed by atoms with Gasteiger partial charge < -0.3 is 9.47 Å². The van der Waals surface area contributed by atoms with Crippen molar-refractivity contribution in [1.82, 2.24) is 4.57 Å². The Balaban J connectivity index is 2.14. The van der Waals surface area contributed by atoms with Crippen LogP contribution in [0.3, 0.4) is 0 Å². The van der Waals surface area contributed by atoms with E-state index in [0.29, 0.717) is 18.7 Å². The minimum atomic E-state index is 0.0549. The molecule has 0 fully saturated rings. The number of aryl methyl sites for hydroxylation is 1. The Bertz CT molecular complexity index is 610. The highest BCUT2D eigenvalue weighted by Gasteiger charge is 2.14. The first-order valence-electron chi connectivity index (χ1n) is 6.54. The molecule has 0 unspecified atom stereocenters. The second kappa shape index (κ2) is 6.58. The van der Waals surface area contributed by atoms with Crippen LogP contribution in [0, 0.1) is 11.3 Å². The molecule has 0 amide bonds. The third kappa shape index (κ3) is 3.27. The van der Waals surface area contributed by atoms with Crippen molar-refractivity contribution >= 4 is 11.5 Å². The molecule has 0 bridgehead atoms. The number of nitriles is 1. The number of rotatable bonds is 6. The zero-order valence-corrected chi connectivity index (χ0v) is 11.5. The molecule has 4 nitrogen and oxygen atoms in total. The molecule has 0 aliphatic carbocycles. The fourth-order valence-electron chi connectivity index (χ4n) is 2.13. The fourth-order valence-corrected chi connectivity index (χ4v) is 2.13. The third-order valence-corrected chi connectivity index (χ3v) is 3.18. The van der Waals surface area contributed by atoms with E-state index in [4.69, 9.17) is 5.26 Å². The molecular formula is C16H17N3O. The Hall–Kier alpha value is -2.54. The molecule has 0 saturated carbocycles. The predicted molar refractivity (Wildman–Crippen MR) is 78.6 cm³/mol. The second-order valence-electron chi connectivity index (χ2n) is 4.59. The Labute approximate surface area is 118 Å². The van der Waals surface area contributed by atoms with E-state index in [1.54, 1.807) is 0 Å². The van der Waals surface area contributed by atoms with E-state index in [-0.39, 0.29) is 12.3 Å². The summed E-state index contributed by atoms with van der Waals surface area (Å²) in [6.07, 6.45) is 2.25. The highest BCUT2D eigenvalue weighted by Crippen LogP contribution is 2.14. The number of hydrogen-bond acceptors (Lipinski definition) is 3. The van der Waals surface area contributed by atoms with Crippen LogP contribution in [-0.2, 0) is 7.05 Å². The molecule has 102 valence electrons. The van der Waals surface area contributed by atoms with Gasteiger partial charge in [-0.1, -0.05) is 18.2 Å². The predicted octanol–water partition coefficient (Wildman–Crippen LogP) is 2.63. The Morgan fingerprint density at radius 1 is 1.25 bits per heavy atom. The number of nitrogens with zero attached hydrogens (tertiary/aromatic N) is 3. The van der Waals surface area contributed by atoms with Gasteiger partial charge in [0.15, 0.2) is 5.78 Å². The van der Waals surface area contributed by atoms with E-state index in [1.807, 2.05) is 65.2 Å². The maximum atomic E-state index is 12.3. The average molecular weight is 267 g/mol. The van der Waals surface area contributed by atoms with Crippen LogP contribution in [0.5, 0.6) is 0 Å². The number of benzene rings is 1. The summed E-state index contributed by atoms with van der Waals surface area (Å²) in [6, 6.07) is 15.5. The highest BCUT2D eigenvalue weighted by atomic mass is 16.1. The molecule has 0 aliphatic heterocycles. The number of carbonyl (C=O) groups is 1. The number of ketones is 1. The monoisotopic (exact) mass is 267 g/mol. The molecule has 0 saturated heterocycles. The van der Waals surface area contributed by atoms with Gasteiger partial charge in [0.2, 0.25) is 0 Å². The summed E-state index contributed by atoms with van der Waals surface area (Å²) in [6.45, 7) is 0.834. The van der Waals surface area contributed by atoms with Crippen LogP contribution in [0.2, 0.25) is 0 Å². The van der Waals surface area contributed by atoms with E-state index in [1.165, 1.54) is 0 Å². The van der Waals surface area contributed by atoms with Crippen LogP contribution >= 0.6 is 0 Å². The molecule has 0 N–H and O–H groups in total. The summed E-state index contributed by atoms with van der Waals surface area (Å²) >= 11 is 0. The molecular weight excluding hydrogens is 250 g/mol. The van der Waals surface area contributed by atoms with Gasteiger partial charge in [0.25, 0.3) is 0 Å². The first-order valence-corrected chi connectivity index (χ1v) is 6.54. The molecule has 0 atom stereocenters. The quantitative estimate of drug-likeness (QED) is 0.756. The van der Waals surface area contributed by atoms with Crippen molar-refractivity contribution in [3.8, 4) is 6.07 Å². The normalized spacial score (nSPS) is 10.0. The number of aromatic nitrogens is 1. The molecule has 2 aromatic rings. The summed E-state index contributed by atoms with van der Waals surface area (Å²) < 4.78 is 1.82. The van der Waals surface area contributed by atoms with Crippen LogP contribution in [0.15, 0.2) is 48.7 Å². The Morgan fingerprint density at radius 3 is 2.60 bits per heavy atom. The van der Waals surface area contributed by atoms with Gasteiger partial charge in [-0.25, -0.2) is 0 Å². The topological polar surface area (TPSA) is 49.0 Å². The van der Waals surface area contributed by atoms with Crippen LogP contribution in [0.1, 0.15) is 16.9 Å². The maximum Gasteiger partial charge on any atom is 0.198 e. The zero-order valence-electron chi connectivity index (χ0n) is 11.5. The molecule has 1 aromatic heterocycles. The SMILES string of the molecule is Cn1cccc1C(=O)CN(CCC#N)c1ccccc1. The van der Waals surface area contributed by atoms with E-state index < -0.39 is 0 Å². The molecule has 0 spiro atoms. The summed E-state index contributed by atoms with van der Waals surface area (Å²) in [7, 11) is 1.86. The Morgan fingerprint density at radius 2 is 2.00 bits per heavy atom. The van der Waals surface area contributed by atoms with Crippen LogP contribution in [0.4, 0.5) is 5.69 Å². The van der Waals surface area contributed by atoms with Crippen LogP contribution in [0.25, 0.3) is 0 Å². The number of para-hydroxylation sites is 1. The summed E-state index contributed by atoms with van der Waals surface area (Å²) in [5.74, 6) is 0.0549. The highest BCUT2D eigenvalue weighted by molar-refractivity contribution is 5.98. The first kappa shape index (κ1) is 13.9. The number of anilines is 1. The molecule has 1 heterocycles. The second-order valence-corrected chi connectivity index (χ2v) is 4.59. The average Bonchev–Trinajstić information content (AvgIpc) is 2.90. The smallest absolute Gasteiger partial charge is 0.198 e. The zero-order chi connectivity index (χ0) is 14.4. The van der Waals surface area contributed by atoms with Crippen LogP contribution in [-0.4, -0.2) is 23.4 Å². The van der Waals surface area contributed by atoms with Crippen molar-refractivity contribution in [3.05, 3.63) is 54.4 Å². The van der Waals surface area contributed by atoms with Crippen molar-refractivity contribution in [1.29, 1.82) is 5.26 Å². The number of Topliss-reactive ketones (excluding diaryl/α,β-unsaturated/α-hetero) is 1. The van der Waals surface area contributed by atoms with E-state index in [9.17, 15) is 4.79 Å². The van der Waals surface area contributed by atoms with Gasteiger partial charge in [-0.3, -0.25) is 4.79 Å². The lowest BCUT2D eigenvalue weighted by atomic mass is 10.2. The Kier molecular flexibility index (Phi) is 4.56. The summed E-state index contributed by atoms with van der Waals surface area (Å²) in [4.78, 5) is 14.3. The minimum absolute atomic E-state index is 0.0549. The van der Waals surface area contributed by atoms with E-state index in [2.05, 4.69) is 6.07 Å². The largest absolute Gasteiger partial charge is 0.363 e. The van der Waals surface area contributed by atoms with Gasteiger partial charge in [-0.05, 0) is 24.3 Å². The summed E-state index contributed by atoms with van der Waals surface area (Å²) in [5, 5.41) is 8.76. The molecule has 4 heteroatoms. The number of carbonyl (C=O) groups excluding carboxylic acids is 1. The lowest BCUT2D eigenvalue weighted by molar-refractivity contribution is 0.0991. The van der Waals surface area contributed by atoms with Gasteiger partial charge in [-0.15, -0.1) is 0 Å². The lowest BCUT2D eigenvalue weighted by Crippen LogP contribution is -2.31. The van der Waals surface area contributed by atoms with Gasteiger partial charge in [0, 0.05) is 25.5 Å². The molecule has 1 aromatic carbocycles. The van der Waals surface area contributed by atoms with Gasteiger partial charge in [0.1, 0.15) is 0 Å². The maximum absolute atomic E-state index is 12.3. The van der Waals surface area contributed by atoms with Gasteiger partial charge in [-0.2, -0.15) is 5.26 Å². The van der Waals surface area contributed by atoms with Crippen LogP contribution < -0.4 is 4.90 Å². The van der Waals surface area contributed by atoms with E-state index >= 15 is 0 Å². The van der Waals surface area contributed by atoms with E-state index in [0.717, 1.165) is 5.69 Å². The molecule has 2 rings (SSSR count). The third-order valence-electron chi connectivity index (χ3n) is 3.18. The lowest BCUT2D eigenvalue weighted by Gasteiger charge is -2.23. The number of hydrogen-bond donors (Lipinski definition) is 0. The van der Waals surface area contributed by atoms with Crippen molar-refractivity contribution in [2.75, 3.05) is 18.0 Å². The molecule has 20 heavy (non-hydrogen) atoms. The van der Waals surface area contributed by atoms with Crippen molar-refractivity contribution < 1.29 is 4.79 Å². The van der Waals surface area contributed by atoms with Gasteiger partial charge >= 0.3 is 0 Å². The first-order chi connectivity index (χ1) is 9.72. The minimum Gasteiger partial charge on any atom is -0.363 e. The fraction of sp³-hybridized carbons (Fsp3) is 0.250. The van der Waals surface area contributed by atoms with Gasteiger partial charge in [0.05, 0.1) is 24.7 Å². The van der Waals surface area contributed by atoms with Crippen molar-refractivity contribution in [3.63, 3.8) is 0 Å². The summed E-state index contributed by atoms with van der Waals surface area (Å²) in [5.41, 5.74) is 1.65. The molecule has 0 radical (unpaired) electrons. The standard InChI is InChI=1S/C16H17N3O/c1-18-11-5-9-15(18)16(20)13-19(12-6-10-17)14-7-3-2-4-8-14/h2-5,7-9,11H,6,12-13H2,1H3. The molecule has 0 aliphatic rings.